The molecule has 8 heteroatoms. The molecule has 0 aromatic heterocycles. The first-order chi connectivity index (χ1) is 10.2. The Bertz CT molecular complexity index is 731. The van der Waals surface area contributed by atoms with E-state index in [1.54, 1.807) is 0 Å². The molecule has 0 bridgehead atoms. The molecule has 0 aliphatic carbocycles. The number of hydrogen-bond acceptors (Lipinski definition) is 2. The van der Waals surface area contributed by atoms with Crippen LogP contribution in [0.3, 0.4) is 0 Å². The molecule has 0 atom stereocenters. The first kappa shape index (κ1) is 16.1. The van der Waals surface area contributed by atoms with Crippen molar-refractivity contribution in [1.29, 1.82) is 0 Å². The molecule has 0 radical (unpaired) electrons. The van der Waals surface area contributed by atoms with Crippen LogP contribution < -0.4 is 11.1 Å². The van der Waals surface area contributed by atoms with Gasteiger partial charge in [-0.1, -0.05) is 17.7 Å². The highest BCUT2D eigenvalue weighted by Crippen LogP contribution is 2.36. The number of alkyl halides is 3. The van der Waals surface area contributed by atoms with Crippen LogP contribution in [0.2, 0.25) is 5.02 Å². The summed E-state index contributed by atoms with van der Waals surface area (Å²) in [7, 11) is 0. The van der Waals surface area contributed by atoms with Gasteiger partial charge in [0.1, 0.15) is 5.82 Å². The van der Waals surface area contributed by atoms with Gasteiger partial charge >= 0.3 is 6.18 Å². The van der Waals surface area contributed by atoms with Crippen molar-refractivity contribution in [3.8, 4) is 0 Å². The van der Waals surface area contributed by atoms with Gasteiger partial charge in [0.25, 0.3) is 5.91 Å². The number of amides is 1. The minimum absolute atomic E-state index is 0.187. The predicted molar refractivity (Wildman–Crippen MR) is 75.2 cm³/mol. The largest absolute Gasteiger partial charge is 0.417 e. The second-order valence-electron chi connectivity index (χ2n) is 4.36. The van der Waals surface area contributed by atoms with Crippen molar-refractivity contribution in [1.82, 2.24) is 0 Å². The summed E-state index contributed by atoms with van der Waals surface area (Å²) in [5.41, 5.74) is 3.83. The van der Waals surface area contributed by atoms with Gasteiger partial charge in [-0.25, -0.2) is 4.39 Å². The normalized spacial score (nSPS) is 11.3. The molecule has 0 unspecified atom stereocenters. The number of halogens is 5. The van der Waals surface area contributed by atoms with E-state index in [1.807, 2.05) is 0 Å². The quantitative estimate of drug-likeness (QED) is 0.635. The highest BCUT2D eigenvalue weighted by atomic mass is 35.5. The molecule has 0 saturated carbocycles. The van der Waals surface area contributed by atoms with Crippen LogP contribution in [0.5, 0.6) is 0 Å². The van der Waals surface area contributed by atoms with E-state index in [0.717, 1.165) is 30.3 Å². The molecular formula is C14H9ClF4N2O. The number of hydrogen-bond donors (Lipinski definition) is 2. The van der Waals surface area contributed by atoms with Gasteiger partial charge in [-0.05, 0) is 30.3 Å². The third-order valence-corrected chi connectivity index (χ3v) is 3.19. The average molecular weight is 333 g/mol. The zero-order chi connectivity index (χ0) is 16.5. The Kier molecular flexibility index (Phi) is 4.27. The first-order valence-electron chi connectivity index (χ1n) is 5.92. The molecule has 0 heterocycles. The van der Waals surface area contributed by atoms with Gasteiger partial charge in [-0.2, -0.15) is 13.2 Å². The van der Waals surface area contributed by atoms with Crippen LogP contribution in [0.1, 0.15) is 15.9 Å². The highest BCUT2D eigenvalue weighted by molar-refractivity contribution is 6.35. The van der Waals surface area contributed by atoms with Gasteiger partial charge in [-0.3, -0.25) is 4.79 Å². The third-order valence-electron chi connectivity index (χ3n) is 2.79. The van der Waals surface area contributed by atoms with Crippen LogP contribution in [0.4, 0.5) is 28.9 Å². The maximum atomic E-state index is 13.5. The molecule has 2 rings (SSSR count). The SMILES string of the molecule is Nc1ccc(F)c(NC(=O)c2cccc(C(F)(F)F)c2Cl)c1. The van der Waals surface area contributed by atoms with Crippen molar-refractivity contribution in [3.05, 3.63) is 58.4 Å². The van der Waals surface area contributed by atoms with Crippen molar-refractivity contribution in [2.24, 2.45) is 0 Å². The first-order valence-corrected chi connectivity index (χ1v) is 6.30. The van der Waals surface area contributed by atoms with E-state index in [9.17, 15) is 22.4 Å². The summed E-state index contributed by atoms with van der Waals surface area (Å²) in [5, 5.41) is 1.39. The van der Waals surface area contributed by atoms with Gasteiger partial charge in [-0.15, -0.1) is 0 Å². The molecule has 0 aliphatic rings. The number of benzene rings is 2. The Labute approximate surface area is 127 Å². The molecular weight excluding hydrogens is 324 g/mol. The number of nitrogens with one attached hydrogen (secondary N) is 1. The lowest BCUT2D eigenvalue weighted by atomic mass is 10.1. The van der Waals surface area contributed by atoms with Crippen molar-refractivity contribution >= 4 is 28.9 Å². The minimum atomic E-state index is -4.70. The molecule has 0 fully saturated rings. The van der Waals surface area contributed by atoms with Gasteiger partial charge in [0.05, 0.1) is 21.8 Å². The van der Waals surface area contributed by atoms with Crippen LogP contribution >= 0.6 is 11.6 Å². The lowest BCUT2D eigenvalue weighted by Crippen LogP contribution is -2.16. The zero-order valence-electron chi connectivity index (χ0n) is 10.8. The van der Waals surface area contributed by atoms with Gasteiger partial charge in [0.15, 0.2) is 0 Å². The van der Waals surface area contributed by atoms with E-state index >= 15 is 0 Å². The summed E-state index contributed by atoms with van der Waals surface area (Å²) >= 11 is 5.63. The summed E-state index contributed by atoms with van der Waals surface area (Å²) < 4.78 is 51.8. The third kappa shape index (κ3) is 3.30. The fourth-order valence-corrected chi connectivity index (χ4v) is 2.07. The van der Waals surface area contributed by atoms with E-state index in [4.69, 9.17) is 17.3 Å². The van der Waals surface area contributed by atoms with E-state index in [0.29, 0.717) is 0 Å². The Morgan fingerprint density at radius 3 is 2.50 bits per heavy atom. The van der Waals surface area contributed by atoms with Crippen molar-refractivity contribution in [2.75, 3.05) is 11.1 Å². The van der Waals surface area contributed by atoms with Crippen LogP contribution in [0, 0.1) is 5.82 Å². The van der Waals surface area contributed by atoms with E-state index in [1.165, 1.54) is 6.07 Å². The molecule has 0 aliphatic heterocycles. The Balaban J connectivity index is 2.37. The molecule has 2 aromatic rings. The van der Waals surface area contributed by atoms with E-state index in [2.05, 4.69) is 5.32 Å². The summed E-state index contributed by atoms with van der Waals surface area (Å²) in [6, 6.07) is 6.35. The summed E-state index contributed by atoms with van der Waals surface area (Å²) in [6.45, 7) is 0. The average Bonchev–Trinajstić information content (AvgIpc) is 2.41. The number of rotatable bonds is 2. The summed E-state index contributed by atoms with van der Waals surface area (Å²) in [6.07, 6.45) is -4.70. The smallest absolute Gasteiger partial charge is 0.399 e. The molecule has 2 aromatic carbocycles. The number of nitrogen functional groups attached to an aromatic ring is 1. The maximum Gasteiger partial charge on any atom is 0.417 e. The monoisotopic (exact) mass is 332 g/mol. The summed E-state index contributed by atoms with van der Waals surface area (Å²) in [4.78, 5) is 12.0. The Morgan fingerprint density at radius 2 is 1.86 bits per heavy atom. The van der Waals surface area contributed by atoms with Crippen LogP contribution in [-0.2, 0) is 6.18 Å². The molecule has 0 spiro atoms. The van der Waals surface area contributed by atoms with Gasteiger partial charge in [0, 0.05) is 5.69 Å². The summed E-state index contributed by atoms with van der Waals surface area (Å²) in [5.74, 6) is -1.74. The fraction of sp³-hybridized carbons (Fsp3) is 0.0714. The minimum Gasteiger partial charge on any atom is -0.399 e. The molecule has 116 valence electrons. The van der Waals surface area contributed by atoms with Crippen molar-refractivity contribution in [2.45, 2.75) is 6.18 Å². The van der Waals surface area contributed by atoms with Crippen LogP contribution in [-0.4, -0.2) is 5.91 Å². The van der Waals surface area contributed by atoms with E-state index < -0.39 is 34.1 Å². The second-order valence-corrected chi connectivity index (χ2v) is 4.74. The topological polar surface area (TPSA) is 55.1 Å². The van der Waals surface area contributed by atoms with Crippen molar-refractivity contribution < 1.29 is 22.4 Å². The molecule has 22 heavy (non-hydrogen) atoms. The molecule has 3 N–H and O–H groups in total. The molecule has 3 nitrogen and oxygen atoms in total. The predicted octanol–water partition coefficient (Wildman–Crippen LogP) is 4.33. The van der Waals surface area contributed by atoms with Crippen LogP contribution in [0.25, 0.3) is 0 Å². The molecule has 0 saturated heterocycles. The van der Waals surface area contributed by atoms with Crippen molar-refractivity contribution in [3.63, 3.8) is 0 Å². The van der Waals surface area contributed by atoms with Crippen LogP contribution in [0.15, 0.2) is 36.4 Å². The number of nitrogens with two attached hydrogens (primary N) is 1. The Hall–Kier alpha value is -2.28. The van der Waals surface area contributed by atoms with Gasteiger partial charge < -0.3 is 11.1 Å². The lowest BCUT2D eigenvalue weighted by Gasteiger charge is -2.13. The number of carbonyl (C=O) groups excluding carboxylic acids is 1. The molecule has 1 amide bonds. The Morgan fingerprint density at radius 1 is 1.18 bits per heavy atom. The zero-order valence-corrected chi connectivity index (χ0v) is 11.6. The number of carbonyl (C=O) groups is 1. The standard InChI is InChI=1S/C14H9ClF4N2O/c15-12-8(2-1-3-9(12)14(17,18)19)13(22)21-11-6-7(20)4-5-10(11)16/h1-6H,20H2,(H,21,22). The van der Waals surface area contributed by atoms with Gasteiger partial charge in [0.2, 0.25) is 0 Å². The number of anilines is 2. The second kappa shape index (κ2) is 5.84. The van der Waals surface area contributed by atoms with E-state index in [-0.39, 0.29) is 11.4 Å². The highest BCUT2D eigenvalue weighted by Gasteiger charge is 2.34. The fourth-order valence-electron chi connectivity index (χ4n) is 1.75. The lowest BCUT2D eigenvalue weighted by molar-refractivity contribution is -0.137. The maximum absolute atomic E-state index is 13.5.